The molecule has 5 atom stereocenters. The molecule has 0 amide bonds. The third kappa shape index (κ3) is 1.51. The fraction of sp³-hybridized carbons (Fsp3) is 0.600. The molecule has 18 heavy (non-hydrogen) atoms. The van der Waals surface area contributed by atoms with Crippen LogP contribution in [0.2, 0.25) is 10.0 Å². The first-order valence-corrected chi connectivity index (χ1v) is 7.55. The highest BCUT2D eigenvalue weighted by Gasteiger charge is 2.66. The number of aliphatic hydroxyl groups excluding tert-OH is 1. The van der Waals surface area contributed by atoms with Gasteiger partial charge in [-0.2, -0.15) is 0 Å². The van der Waals surface area contributed by atoms with Gasteiger partial charge in [-0.05, 0) is 66.5 Å². The van der Waals surface area contributed by atoms with E-state index in [1.54, 1.807) is 6.07 Å². The van der Waals surface area contributed by atoms with Crippen molar-refractivity contribution in [3.05, 3.63) is 33.8 Å². The van der Waals surface area contributed by atoms with E-state index in [2.05, 4.69) is 0 Å². The molecule has 1 N–H and O–H groups in total. The predicted octanol–water partition coefficient (Wildman–Crippen LogP) is 4.32. The van der Waals surface area contributed by atoms with Gasteiger partial charge in [0, 0.05) is 10.0 Å². The minimum absolute atomic E-state index is 0.395. The minimum atomic E-state index is -0.395. The van der Waals surface area contributed by atoms with Gasteiger partial charge < -0.3 is 5.11 Å². The van der Waals surface area contributed by atoms with Crippen molar-refractivity contribution >= 4 is 23.2 Å². The first-order valence-electron chi connectivity index (χ1n) is 6.80. The van der Waals surface area contributed by atoms with Crippen LogP contribution in [0.15, 0.2) is 18.2 Å². The Hall–Kier alpha value is -0.240. The number of hydrogen-bond acceptors (Lipinski definition) is 1. The number of hydrogen-bond donors (Lipinski definition) is 1. The van der Waals surface area contributed by atoms with E-state index in [1.165, 1.54) is 19.3 Å². The molecule has 3 aliphatic carbocycles. The Morgan fingerprint density at radius 3 is 2.39 bits per heavy atom. The average molecular weight is 283 g/mol. The molecule has 0 aliphatic heterocycles. The zero-order valence-corrected chi connectivity index (χ0v) is 11.5. The molecule has 3 aliphatic rings. The zero-order chi connectivity index (χ0) is 12.4. The minimum Gasteiger partial charge on any atom is -0.388 e. The zero-order valence-electron chi connectivity index (χ0n) is 10.0. The van der Waals surface area contributed by atoms with Crippen LogP contribution >= 0.6 is 23.2 Å². The third-order valence-corrected chi connectivity index (χ3v) is 6.00. The molecule has 1 aromatic rings. The molecule has 1 nitrogen and oxygen atoms in total. The van der Waals surface area contributed by atoms with Crippen molar-refractivity contribution in [1.82, 2.24) is 0 Å². The fourth-order valence-corrected chi connectivity index (χ4v) is 5.28. The summed E-state index contributed by atoms with van der Waals surface area (Å²) in [7, 11) is 0. The largest absolute Gasteiger partial charge is 0.388 e. The van der Waals surface area contributed by atoms with Crippen molar-refractivity contribution in [1.29, 1.82) is 0 Å². The van der Waals surface area contributed by atoms with Crippen LogP contribution in [0, 0.1) is 29.6 Å². The molecule has 5 unspecified atom stereocenters. The summed E-state index contributed by atoms with van der Waals surface area (Å²) in [5.41, 5.74) is 0.861. The molecule has 3 heteroatoms. The average Bonchev–Trinajstić information content (AvgIpc) is 2.77. The summed E-state index contributed by atoms with van der Waals surface area (Å²) >= 11 is 12.1. The molecule has 2 bridgehead atoms. The second-order valence-electron chi connectivity index (χ2n) is 6.18. The molecule has 3 saturated carbocycles. The molecule has 1 aromatic carbocycles. The molecular formula is C15H16Cl2O. The van der Waals surface area contributed by atoms with Crippen molar-refractivity contribution in [2.45, 2.75) is 25.4 Å². The number of aliphatic hydroxyl groups is 1. The van der Waals surface area contributed by atoms with Crippen LogP contribution in [0.1, 0.15) is 30.9 Å². The molecule has 96 valence electrons. The highest BCUT2D eigenvalue weighted by atomic mass is 35.5. The lowest BCUT2D eigenvalue weighted by molar-refractivity contribution is 0.130. The Balaban J connectivity index is 1.60. The number of fused-ring (bicyclic) bond motifs is 5. The van der Waals surface area contributed by atoms with E-state index >= 15 is 0 Å². The van der Waals surface area contributed by atoms with Gasteiger partial charge in [-0.15, -0.1) is 0 Å². The van der Waals surface area contributed by atoms with Gasteiger partial charge in [-0.1, -0.05) is 29.3 Å². The van der Waals surface area contributed by atoms with Gasteiger partial charge >= 0.3 is 0 Å². The molecule has 4 rings (SSSR count). The van der Waals surface area contributed by atoms with E-state index < -0.39 is 6.10 Å². The van der Waals surface area contributed by atoms with Crippen LogP contribution in [0.25, 0.3) is 0 Å². The Kier molecular flexibility index (Phi) is 2.49. The Bertz CT molecular complexity index is 485. The van der Waals surface area contributed by atoms with Crippen molar-refractivity contribution in [3.8, 4) is 0 Å². The summed E-state index contributed by atoms with van der Waals surface area (Å²) in [6, 6.07) is 5.43. The first-order chi connectivity index (χ1) is 8.66. The van der Waals surface area contributed by atoms with Crippen molar-refractivity contribution < 1.29 is 5.11 Å². The van der Waals surface area contributed by atoms with Gasteiger partial charge in [0.1, 0.15) is 0 Å². The van der Waals surface area contributed by atoms with Crippen molar-refractivity contribution in [2.24, 2.45) is 29.6 Å². The molecule has 0 heterocycles. The quantitative estimate of drug-likeness (QED) is 0.857. The maximum atomic E-state index is 10.6. The Morgan fingerprint density at radius 2 is 1.78 bits per heavy atom. The van der Waals surface area contributed by atoms with E-state index in [9.17, 15) is 5.11 Å². The summed E-state index contributed by atoms with van der Waals surface area (Å²) in [4.78, 5) is 0. The first kappa shape index (κ1) is 11.6. The monoisotopic (exact) mass is 282 g/mol. The predicted molar refractivity (Wildman–Crippen MR) is 72.7 cm³/mol. The second-order valence-corrected chi connectivity index (χ2v) is 7.02. The summed E-state index contributed by atoms with van der Waals surface area (Å²) in [5, 5.41) is 11.8. The molecule has 3 fully saturated rings. The van der Waals surface area contributed by atoms with Gasteiger partial charge in [0.25, 0.3) is 0 Å². The maximum absolute atomic E-state index is 10.6. The second kappa shape index (κ2) is 3.88. The lowest BCUT2D eigenvalue weighted by Gasteiger charge is -2.16. The molecule has 0 saturated heterocycles. The topological polar surface area (TPSA) is 20.2 Å². The van der Waals surface area contributed by atoms with Crippen molar-refractivity contribution in [2.75, 3.05) is 0 Å². The molecule has 0 spiro atoms. The van der Waals surface area contributed by atoms with Gasteiger partial charge in [0.2, 0.25) is 0 Å². The van der Waals surface area contributed by atoms with Gasteiger partial charge in [-0.25, -0.2) is 0 Å². The van der Waals surface area contributed by atoms with E-state index in [0.717, 1.165) is 29.2 Å². The molecular weight excluding hydrogens is 267 g/mol. The van der Waals surface area contributed by atoms with Gasteiger partial charge in [-0.3, -0.25) is 0 Å². The van der Waals surface area contributed by atoms with Crippen LogP contribution in [-0.4, -0.2) is 5.11 Å². The van der Waals surface area contributed by atoms with Gasteiger partial charge in [0.15, 0.2) is 0 Å². The smallest absolute Gasteiger partial charge is 0.0838 e. The van der Waals surface area contributed by atoms with Crippen LogP contribution in [0.3, 0.4) is 0 Å². The van der Waals surface area contributed by atoms with Crippen molar-refractivity contribution in [3.63, 3.8) is 0 Å². The Morgan fingerprint density at radius 1 is 1.11 bits per heavy atom. The van der Waals surface area contributed by atoms with E-state index in [0.29, 0.717) is 16.0 Å². The fourth-order valence-electron chi connectivity index (χ4n) is 4.76. The van der Waals surface area contributed by atoms with Crippen LogP contribution in [0.5, 0.6) is 0 Å². The van der Waals surface area contributed by atoms with Crippen LogP contribution in [0.4, 0.5) is 0 Å². The van der Waals surface area contributed by atoms with E-state index in [-0.39, 0.29) is 0 Å². The normalized spacial score (nSPS) is 41.8. The van der Waals surface area contributed by atoms with E-state index in [1.807, 2.05) is 12.1 Å². The summed E-state index contributed by atoms with van der Waals surface area (Å²) in [5.74, 6) is 3.75. The Labute approximate surface area is 117 Å². The van der Waals surface area contributed by atoms with Gasteiger partial charge in [0.05, 0.1) is 6.10 Å². The number of rotatable bonds is 2. The maximum Gasteiger partial charge on any atom is 0.0838 e. The van der Waals surface area contributed by atoms with Crippen LogP contribution < -0.4 is 0 Å². The van der Waals surface area contributed by atoms with E-state index in [4.69, 9.17) is 23.2 Å². The summed E-state index contributed by atoms with van der Waals surface area (Å²) < 4.78 is 0. The summed E-state index contributed by atoms with van der Waals surface area (Å²) in [6.45, 7) is 0. The SMILES string of the molecule is OC(c1ccc(Cl)cc1Cl)C1C2C3CCC(C3)C21. The lowest BCUT2D eigenvalue weighted by atomic mass is 9.95. The number of halogens is 2. The lowest BCUT2D eigenvalue weighted by Crippen LogP contribution is -2.08. The molecule has 0 aromatic heterocycles. The van der Waals surface area contributed by atoms with Crippen LogP contribution in [-0.2, 0) is 0 Å². The summed E-state index contributed by atoms with van der Waals surface area (Å²) in [6.07, 6.45) is 3.77. The highest BCUT2D eigenvalue weighted by Crippen LogP contribution is 2.72. The number of benzene rings is 1. The highest BCUT2D eigenvalue weighted by molar-refractivity contribution is 6.35. The molecule has 0 radical (unpaired) electrons. The third-order valence-electron chi connectivity index (χ3n) is 5.44. The standard InChI is InChI=1S/C15H16Cl2O/c16-9-3-4-10(11(17)6-9)15(18)14-12-7-1-2-8(5-7)13(12)14/h3-4,6-8,12-15,18H,1-2,5H2.